The predicted molar refractivity (Wildman–Crippen MR) is 148 cm³/mol. The van der Waals surface area contributed by atoms with Crippen LogP contribution in [0.5, 0.6) is 5.75 Å². The second kappa shape index (κ2) is 11.8. The Bertz CT molecular complexity index is 1540. The molecule has 0 aliphatic heterocycles. The summed E-state index contributed by atoms with van der Waals surface area (Å²) in [6.45, 7) is 6.91. The third kappa shape index (κ3) is 6.33. The molecular weight excluding hydrogens is 476 g/mol. The first-order chi connectivity index (χ1) is 18.6. The number of aryl methyl sites for hydroxylation is 3. The zero-order valence-corrected chi connectivity index (χ0v) is 21.8. The normalized spacial score (nSPS) is 11.3. The van der Waals surface area contributed by atoms with Gasteiger partial charge >= 0.3 is 0 Å². The van der Waals surface area contributed by atoms with Crippen molar-refractivity contribution in [2.75, 3.05) is 6.61 Å². The van der Waals surface area contributed by atoms with E-state index in [1.165, 1.54) is 11.1 Å². The number of aromatic nitrogens is 5. The summed E-state index contributed by atoms with van der Waals surface area (Å²) in [6, 6.07) is 26.5. The molecule has 5 aromatic rings. The molecule has 38 heavy (non-hydrogen) atoms. The van der Waals surface area contributed by atoms with Crippen LogP contribution in [-0.4, -0.2) is 36.7 Å². The fourth-order valence-electron chi connectivity index (χ4n) is 4.55. The number of rotatable bonds is 11. The van der Waals surface area contributed by atoms with Crippen molar-refractivity contribution in [3.63, 3.8) is 0 Å². The lowest BCUT2D eigenvalue weighted by molar-refractivity contribution is 0.235. The fraction of sp³-hybridized carbons (Fsp3) is 0.267. The summed E-state index contributed by atoms with van der Waals surface area (Å²) in [5, 5.41) is 13.5. The van der Waals surface area contributed by atoms with Crippen LogP contribution in [0.15, 0.2) is 83.7 Å². The molecule has 194 valence electrons. The van der Waals surface area contributed by atoms with Gasteiger partial charge in [-0.05, 0) is 66.1 Å². The van der Waals surface area contributed by atoms with Crippen molar-refractivity contribution in [1.82, 2.24) is 30.1 Å². The van der Waals surface area contributed by atoms with Gasteiger partial charge in [0, 0.05) is 36.1 Å². The van der Waals surface area contributed by atoms with Crippen LogP contribution in [0.2, 0.25) is 0 Å². The van der Waals surface area contributed by atoms with Crippen LogP contribution in [0.25, 0.3) is 10.9 Å². The highest BCUT2D eigenvalue weighted by Crippen LogP contribution is 2.20. The van der Waals surface area contributed by atoms with E-state index in [0.29, 0.717) is 38.3 Å². The van der Waals surface area contributed by atoms with Crippen LogP contribution >= 0.6 is 0 Å². The Morgan fingerprint density at radius 1 is 0.921 bits per heavy atom. The third-order valence-corrected chi connectivity index (χ3v) is 6.55. The fourth-order valence-corrected chi connectivity index (χ4v) is 4.55. The van der Waals surface area contributed by atoms with Gasteiger partial charge < -0.3 is 9.72 Å². The Hall–Kier alpha value is -4.30. The second-order valence-corrected chi connectivity index (χ2v) is 9.49. The molecule has 0 amide bonds. The molecule has 5 rings (SSSR count). The van der Waals surface area contributed by atoms with Crippen molar-refractivity contribution < 1.29 is 4.74 Å². The summed E-state index contributed by atoms with van der Waals surface area (Å²) >= 11 is 0. The topological polar surface area (TPSA) is 88.9 Å². The molecular formula is C30H32N6O2. The van der Waals surface area contributed by atoms with Crippen molar-refractivity contribution in [2.24, 2.45) is 0 Å². The number of aromatic amines is 1. The first-order valence-corrected chi connectivity index (χ1v) is 12.9. The smallest absolute Gasteiger partial charge is 0.252 e. The lowest BCUT2D eigenvalue weighted by Gasteiger charge is -2.22. The highest BCUT2D eigenvalue weighted by molar-refractivity contribution is 5.80. The van der Waals surface area contributed by atoms with Crippen molar-refractivity contribution >= 4 is 10.9 Å². The number of fused-ring (bicyclic) bond motifs is 1. The molecule has 2 aromatic heterocycles. The standard InChI is InChI=1S/C30H32N6O2/c1-3-38-27-13-14-28-25(18-27)17-26(30(37)31-28)20-35(19-24-11-9-22(2)10-12-24)21-29-32-33-34-36(29)16-15-23-7-5-4-6-8-23/h4-14,17-18H,3,15-16,19-21H2,1-2H3,(H,31,37). The molecule has 0 spiro atoms. The van der Waals surface area contributed by atoms with E-state index in [4.69, 9.17) is 4.74 Å². The van der Waals surface area contributed by atoms with Gasteiger partial charge in [0.2, 0.25) is 0 Å². The molecule has 0 aliphatic rings. The molecule has 8 nitrogen and oxygen atoms in total. The minimum absolute atomic E-state index is 0.0979. The van der Waals surface area contributed by atoms with E-state index in [9.17, 15) is 4.79 Å². The number of hydrogen-bond acceptors (Lipinski definition) is 6. The molecule has 0 bridgehead atoms. The van der Waals surface area contributed by atoms with Crippen LogP contribution < -0.4 is 10.3 Å². The molecule has 0 aliphatic carbocycles. The first-order valence-electron chi connectivity index (χ1n) is 12.9. The lowest BCUT2D eigenvalue weighted by atomic mass is 10.1. The SMILES string of the molecule is CCOc1ccc2[nH]c(=O)c(CN(Cc3ccc(C)cc3)Cc3nnnn3CCc3ccccc3)cc2c1. The van der Waals surface area contributed by atoms with Gasteiger partial charge in [0.05, 0.1) is 13.2 Å². The minimum atomic E-state index is -0.0979. The number of nitrogens with one attached hydrogen (secondary N) is 1. The summed E-state index contributed by atoms with van der Waals surface area (Å²) in [5.74, 6) is 1.55. The monoisotopic (exact) mass is 508 g/mol. The van der Waals surface area contributed by atoms with E-state index in [2.05, 4.69) is 68.7 Å². The predicted octanol–water partition coefficient (Wildman–Crippen LogP) is 4.67. The number of hydrogen-bond donors (Lipinski definition) is 1. The van der Waals surface area contributed by atoms with Crippen LogP contribution in [0, 0.1) is 6.92 Å². The number of ether oxygens (including phenoxy) is 1. The summed E-state index contributed by atoms with van der Waals surface area (Å²) in [5.41, 5.74) is 4.98. The van der Waals surface area contributed by atoms with Crippen molar-refractivity contribution in [2.45, 2.75) is 46.4 Å². The van der Waals surface area contributed by atoms with Gasteiger partial charge in [-0.25, -0.2) is 4.68 Å². The molecule has 0 atom stereocenters. The van der Waals surface area contributed by atoms with E-state index in [-0.39, 0.29) is 5.56 Å². The van der Waals surface area contributed by atoms with Gasteiger partial charge in [0.25, 0.3) is 5.56 Å². The molecule has 1 N–H and O–H groups in total. The Morgan fingerprint density at radius 2 is 1.74 bits per heavy atom. The van der Waals surface area contributed by atoms with Crippen molar-refractivity contribution in [3.05, 3.63) is 117 Å². The number of H-pyrrole nitrogens is 1. The highest BCUT2D eigenvalue weighted by atomic mass is 16.5. The number of pyridine rings is 1. The number of tetrazole rings is 1. The maximum absolute atomic E-state index is 13.0. The molecule has 8 heteroatoms. The largest absolute Gasteiger partial charge is 0.494 e. The van der Waals surface area contributed by atoms with E-state index >= 15 is 0 Å². The zero-order valence-electron chi connectivity index (χ0n) is 21.8. The van der Waals surface area contributed by atoms with E-state index in [1.807, 2.05) is 54.1 Å². The first kappa shape index (κ1) is 25.4. The zero-order chi connectivity index (χ0) is 26.3. The van der Waals surface area contributed by atoms with Crippen LogP contribution in [-0.2, 0) is 32.6 Å². The average molecular weight is 509 g/mol. The van der Waals surface area contributed by atoms with Crippen molar-refractivity contribution in [1.29, 1.82) is 0 Å². The molecule has 0 saturated heterocycles. The summed E-state index contributed by atoms with van der Waals surface area (Å²) in [4.78, 5) is 18.3. The van der Waals surface area contributed by atoms with Gasteiger partial charge in [0.15, 0.2) is 5.82 Å². The number of benzene rings is 3. The Balaban J connectivity index is 1.40. The maximum atomic E-state index is 13.0. The minimum Gasteiger partial charge on any atom is -0.494 e. The van der Waals surface area contributed by atoms with Gasteiger partial charge in [-0.15, -0.1) is 5.10 Å². The van der Waals surface area contributed by atoms with Crippen LogP contribution in [0.3, 0.4) is 0 Å². The highest BCUT2D eigenvalue weighted by Gasteiger charge is 2.16. The summed E-state index contributed by atoms with van der Waals surface area (Å²) < 4.78 is 7.52. The van der Waals surface area contributed by atoms with Gasteiger partial charge in [-0.2, -0.15) is 0 Å². The third-order valence-electron chi connectivity index (χ3n) is 6.55. The maximum Gasteiger partial charge on any atom is 0.252 e. The molecule has 0 radical (unpaired) electrons. The molecule has 0 unspecified atom stereocenters. The van der Waals surface area contributed by atoms with Crippen LogP contribution in [0.1, 0.15) is 35.0 Å². The summed E-state index contributed by atoms with van der Waals surface area (Å²) in [7, 11) is 0. The second-order valence-electron chi connectivity index (χ2n) is 9.49. The molecule has 2 heterocycles. The van der Waals surface area contributed by atoms with Gasteiger partial charge in [-0.3, -0.25) is 9.69 Å². The summed E-state index contributed by atoms with van der Waals surface area (Å²) in [6.07, 6.45) is 0.837. The molecule has 0 saturated carbocycles. The molecule has 3 aromatic carbocycles. The lowest BCUT2D eigenvalue weighted by Crippen LogP contribution is -2.28. The van der Waals surface area contributed by atoms with E-state index < -0.39 is 0 Å². The van der Waals surface area contributed by atoms with E-state index in [1.54, 1.807) is 0 Å². The molecule has 0 fully saturated rings. The van der Waals surface area contributed by atoms with E-state index in [0.717, 1.165) is 34.5 Å². The van der Waals surface area contributed by atoms with Gasteiger partial charge in [-0.1, -0.05) is 60.2 Å². The van der Waals surface area contributed by atoms with Crippen LogP contribution in [0.4, 0.5) is 0 Å². The Labute approximate surface area is 221 Å². The van der Waals surface area contributed by atoms with Crippen molar-refractivity contribution in [3.8, 4) is 5.75 Å². The average Bonchev–Trinajstić information content (AvgIpc) is 3.37. The Kier molecular flexibility index (Phi) is 7.89. The quantitative estimate of drug-likeness (QED) is 0.279. The van der Waals surface area contributed by atoms with Gasteiger partial charge in [0.1, 0.15) is 5.75 Å². The Morgan fingerprint density at radius 3 is 2.53 bits per heavy atom. The number of nitrogens with zero attached hydrogens (tertiary/aromatic N) is 5.